The number of hydrogen-bond donors (Lipinski definition) is 1. The first-order valence-electron chi connectivity index (χ1n) is 9.34. The Morgan fingerprint density at radius 3 is 2.24 bits per heavy atom. The summed E-state index contributed by atoms with van der Waals surface area (Å²) in [5.41, 5.74) is 0.376. The predicted molar refractivity (Wildman–Crippen MR) is 94.8 cm³/mol. The van der Waals surface area contributed by atoms with E-state index in [2.05, 4.69) is 52.1 Å². The first-order chi connectivity index (χ1) is 10.00. The number of nitrogens with zero attached hydrogens (tertiary/aromatic N) is 1. The van der Waals surface area contributed by atoms with Crippen LogP contribution >= 0.6 is 0 Å². The quantitative estimate of drug-likeness (QED) is 0.664. The largest absolute Gasteiger partial charge is 0.315 e. The van der Waals surface area contributed by atoms with E-state index in [-0.39, 0.29) is 0 Å². The molecule has 1 fully saturated rings. The van der Waals surface area contributed by atoms with E-state index in [0.29, 0.717) is 11.6 Å². The van der Waals surface area contributed by atoms with Crippen LogP contribution in [0.3, 0.4) is 0 Å². The van der Waals surface area contributed by atoms with Crippen molar-refractivity contribution < 1.29 is 0 Å². The van der Waals surface area contributed by atoms with Gasteiger partial charge in [-0.2, -0.15) is 0 Å². The average molecular weight is 297 g/mol. The molecule has 1 N–H and O–H groups in total. The maximum absolute atomic E-state index is 3.71. The lowest BCUT2D eigenvalue weighted by Gasteiger charge is -2.50. The molecule has 0 aromatic rings. The topological polar surface area (TPSA) is 15.3 Å². The highest BCUT2D eigenvalue weighted by atomic mass is 15.2. The van der Waals surface area contributed by atoms with Gasteiger partial charge in [0.1, 0.15) is 0 Å². The highest BCUT2D eigenvalue weighted by Gasteiger charge is 2.42. The van der Waals surface area contributed by atoms with E-state index >= 15 is 0 Å². The van der Waals surface area contributed by atoms with Gasteiger partial charge in [0.15, 0.2) is 0 Å². The summed E-state index contributed by atoms with van der Waals surface area (Å²) in [6, 6.07) is 0.641. The van der Waals surface area contributed by atoms with Gasteiger partial charge in [-0.15, -0.1) is 0 Å². The van der Waals surface area contributed by atoms with E-state index in [4.69, 9.17) is 0 Å². The lowest BCUT2D eigenvalue weighted by molar-refractivity contribution is 0.0362. The molecular weight excluding hydrogens is 256 g/mol. The molecule has 1 aliphatic carbocycles. The first kappa shape index (κ1) is 19.0. The molecule has 2 nitrogen and oxygen atoms in total. The molecule has 2 atom stereocenters. The fourth-order valence-corrected chi connectivity index (χ4v) is 4.29. The molecule has 0 heterocycles. The van der Waals surface area contributed by atoms with Crippen molar-refractivity contribution in [2.75, 3.05) is 21.1 Å². The minimum absolute atomic E-state index is 0.376. The second kappa shape index (κ2) is 9.15. The molecule has 2 heteroatoms. The number of likely N-dealkylation sites (N-methyl/N-ethyl adjacent to an activating group) is 2. The van der Waals surface area contributed by atoms with Gasteiger partial charge < -0.3 is 10.2 Å². The minimum atomic E-state index is 0.376. The van der Waals surface area contributed by atoms with Gasteiger partial charge >= 0.3 is 0 Å². The Kier molecular flexibility index (Phi) is 8.26. The van der Waals surface area contributed by atoms with Crippen molar-refractivity contribution in [3.8, 4) is 0 Å². The van der Waals surface area contributed by atoms with Crippen molar-refractivity contribution >= 4 is 0 Å². The molecule has 0 amide bonds. The molecular formula is C19H40N2. The van der Waals surface area contributed by atoms with Gasteiger partial charge in [-0.3, -0.25) is 0 Å². The van der Waals surface area contributed by atoms with Gasteiger partial charge in [-0.25, -0.2) is 0 Å². The molecule has 2 unspecified atom stereocenters. The number of hydrogen-bond acceptors (Lipinski definition) is 2. The Labute approximate surface area is 134 Å². The van der Waals surface area contributed by atoms with Crippen molar-refractivity contribution in [3.05, 3.63) is 0 Å². The number of rotatable bonds is 9. The number of nitrogens with one attached hydrogen (secondary N) is 1. The van der Waals surface area contributed by atoms with Crippen molar-refractivity contribution in [3.63, 3.8) is 0 Å². The number of unbranched alkanes of at least 4 members (excludes halogenated alkanes) is 1. The van der Waals surface area contributed by atoms with Crippen LogP contribution in [0, 0.1) is 11.8 Å². The molecule has 0 aromatic heterocycles. The monoisotopic (exact) mass is 296 g/mol. The zero-order chi connectivity index (χ0) is 15.9. The normalized spacial score (nSPS) is 29.6. The zero-order valence-corrected chi connectivity index (χ0v) is 15.5. The van der Waals surface area contributed by atoms with Crippen LogP contribution in [0.25, 0.3) is 0 Å². The molecule has 126 valence electrons. The molecule has 0 aromatic carbocycles. The van der Waals surface area contributed by atoms with Crippen molar-refractivity contribution in [2.24, 2.45) is 11.8 Å². The van der Waals surface area contributed by atoms with Crippen LogP contribution in [-0.4, -0.2) is 37.6 Å². The van der Waals surface area contributed by atoms with E-state index in [1.54, 1.807) is 0 Å². The molecule has 1 rings (SSSR count). The Hall–Kier alpha value is -0.0800. The lowest BCUT2D eigenvalue weighted by atomic mass is 9.69. The fraction of sp³-hybridized carbons (Fsp3) is 1.00. The highest BCUT2D eigenvalue weighted by Crippen LogP contribution is 2.40. The van der Waals surface area contributed by atoms with Crippen molar-refractivity contribution in [1.82, 2.24) is 10.2 Å². The summed E-state index contributed by atoms with van der Waals surface area (Å²) in [5, 5.41) is 3.71. The molecule has 0 bridgehead atoms. The van der Waals surface area contributed by atoms with Crippen molar-refractivity contribution in [1.29, 1.82) is 0 Å². The van der Waals surface area contributed by atoms with Crippen LogP contribution in [0.5, 0.6) is 0 Å². The Morgan fingerprint density at radius 2 is 1.81 bits per heavy atom. The van der Waals surface area contributed by atoms with E-state index < -0.39 is 0 Å². The van der Waals surface area contributed by atoms with E-state index in [1.165, 1.54) is 57.8 Å². The zero-order valence-electron chi connectivity index (χ0n) is 15.5. The summed E-state index contributed by atoms with van der Waals surface area (Å²) in [6.45, 7) is 7.11. The standard InChI is InChI=1S/C19H40N2/c1-7-9-10-17(8-2)15-18(20-4)19(21(5)6)13-11-16(3)12-14-19/h16-18,20H,7-15H2,1-6H3. The molecule has 0 aliphatic heterocycles. The first-order valence-corrected chi connectivity index (χ1v) is 9.34. The van der Waals surface area contributed by atoms with Gasteiger partial charge in [-0.05, 0) is 65.1 Å². The third kappa shape index (κ3) is 4.96. The summed E-state index contributed by atoms with van der Waals surface area (Å²) in [5.74, 6) is 1.80. The molecule has 1 saturated carbocycles. The smallest absolute Gasteiger partial charge is 0.0356 e. The molecule has 1 aliphatic rings. The van der Waals surface area contributed by atoms with E-state index in [9.17, 15) is 0 Å². The van der Waals surface area contributed by atoms with E-state index in [0.717, 1.165) is 11.8 Å². The van der Waals surface area contributed by atoms with Crippen LogP contribution < -0.4 is 5.32 Å². The highest BCUT2D eigenvalue weighted by molar-refractivity contribution is 5.01. The predicted octanol–water partition coefficient (Wildman–Crippen LogP) is 4.69. The maximum Gasteiger partial charge on any atom is 0.0356 e. The second-order valence-corrected chi connectivity index (χ2v) is 7.67. The summed E-state index contributed by atoms with van der Waals surface area (Å²) in [7, 11) is 6.78. The van der Waals surface area contributed by atoms with Crippen LogP contribution in [-0.2, 0) is 0 Å². The fourth-order valence-electron chi connectivity index (χ4n) is 4.29. The molecule has 21 heavy (non-hydrogen) atoms. The lowest BCUT2D eigenvalue weighted by Crippen LogP contribution is -2.60. The Bertz CT molecular complexity index is 267. The SMILES string of the molecule is CCCCC(CC)CC(NC)C1(N(C)C)CCC(C)CC1. The Morgan fingerprint density at radius 1 is 1.19 bits per heavy atom. The molecule has 0 saturated heterocycles. The van der Waals surface area contributed by atoms with Gasteiger partial charge in [0.2, 0.25) is 0 Å². The summed E-state index contributed by atoms with van der Waals surface area (Å²) in [6.07, 6.45) is 12.3. The summed E-state index contributed by atoms with van der Waals surface area (Å²) in [4.78, 5) is 2.53. The molecule has 0 radical (unpaired) electrons. The third-order valence-corrected chi connectivity index (χ3v) is 6.14. The maximum atomic E-state index is 3.71. The average Bonchev–Trinajstić information content (AvgIpc) is 2.49. The second-order valence-electron chi connectivity index (χ2n) is 7.67. The van der Waals surface area contributed by atoms with Crippen LogP contribution in [0.1, 0.15) is 78.6 Å². The van der Waals surface area contributed by atoms with E-state index in [1.807, 2.05) is 0 Å². The Balaban J connectivity index is 2.77. The summed E-state index contributed by atoms with van der Waals surface area (Å²) >= 11 is 0. The van der Waals surface area contributed by atoms with Crippen LogP contribution in [0.15, 0.2) is 0 Å². The minimum Gasteiger partial charge on any atom is -0.315 e. The van der Waals surface area contributed by atoms with Crippen LogP contribution in [0.4, 0.5) is 0 Å². The summed E-state index contributed by atoms with van der Waals surface area (Å²) < 4.78 is 0. The third-order valence-electron chi connectivity index (χ3n) is 6.14. The van der Waals surface area contributed by atoms with Gasteiger partial charge in [0, 0.05) is 11.6 Å². The van der Waals surface area contributed by atoms with Crippen LogP contribution in [0.2, 0.25) is 0 Å². The van der Waals surface area contributed by atoms with Gasteiger partial charge in [0.05, 0.1) is 0 Å². The molecule has 0 spiro atoms. The van der Waals surface area contributed by atoms with Gasteiger partial charge in [-0.1, -0.05) is 46.5 Å². The van der Waals surface area contributed by atoms with Gasteiger partial charge in [0.25, 0.3) is 0 Å². The van der Waals surface area contributed by atoms with Crippen molar-refractivity contribution in [2.45, 2.75) is 90.1 Å².